The zero-order valence-electron chi connectivity index (χ0n) is 19.5. The van der Waals surface area contributed by atoms with Crippen LogP contribution in [0.5, 0.6) is 0 Å². The van der Waals surface area contributed by atoms with Gasteiger partial charge in [0.1, 0.15) is 6.10 Å². The number of carbonyl (C=O) groups is 1. The molecule has 164 valence electrons. The summed E-state index contributed by atoms with van der Waals surface area (Å²) in [5.41, 5.74) is 4.47. The maximum atomic E-state index is 13.2. The van der Waals surface area contributed by atoms with Gasteiger partial charge in [0.05, 0.1) is 12.6 Å². The third-order valence-electron chi connectivity index (χ3n) is 6.91. The molecule has 1 aromatic heterocycles. The van der Waals surface area contributed by atoms with Gasteiger partial charge in [-0.25, -0.2) is 13.9 Å². The highest BCUT2D eigenvalue weighted by atomic mass is 16.5. The molecule has 4 nitrogen and oxygen atoms in total. The molecule has 3 atom stereocenters. The van der Waals surface area contributed by atoms with Gasteiger partial charge in [-0.1, -0.05) is 57.0 Å². The first-order valence-corrected chi connectivity index (χ1v) is 11.6. The van der Waals surface area contributed by atoms with Crippen LogP contribution in [0.15, 0.2) is 48.5 Å². The maximum absolute atomic E-state index is 13.2. The Bertz CT molecular complexity index is 1080. The van der Waals surface area contributed by atoms with E-state index >= 15 is 0 Å². The minimum absolute atomic E-state index is 0.0225. The van der Waals surface area contributed by atoms with Gasteiger partial charge in [-0.3, -0.25) is 0 Å². The van der Waals surface area contributed by atoms with Gasteiger partial charge in [-0.05, 0) is 61.8 Å². The lowest BCUT2D eigenvalue weighted by Crippen LogP contribution is -2.37. The third kappa shape index (κ3) is 4.39. The van der Waals surface area contributed by atoms with Crippen molar-refractivity contribution >= 4 is 17.0 Å². The summed E-state index contributed by atoms with van der Waals surface area (Å²) in [6.07, 6.45) is 3.37. The lowest BCUT2D eigenvalue weighted by atomic mass is 9.75. The van der Waals surface area contributed by atoms with Crippen LogP contribution >= 0.6 is 0 Å². The molecule has 1 aliphatic carbocycles. The highest BCUT2D eigenvalue weighted by molar-refractivity contribution is 5.79. The number of carbonyl (C=O) groups excluding carboxylic acids is 1. The number of hydrogen-bond acceptors (Lipinski definition) is 2. The molecule has 0 N–H and O–H groups in total. The fraction of sp³-hybridized carbons (Fsp3) is 0.481. The molecule has 1 heterocycles. The third-order valence-corrected chi connectivity index (χ3v) is 6.91. The first kappa shape index (κ1) is 21.6. The summed E-state index contributed by atoms with van der Waals surface area (Å²) in [6.45, 7) is 9.08. The Morgan fingerprint density at radius 1 is 1.16 bits per heavy atom. The molecule has 31 heavy (non-hydrogen) atoms. The van der Waals surface area contributed by atoms with Crippen LogP contribution in [0.3, 0.4) is 0 Å². The molecule has 0 aliphatic heterocycles. The van der Waals surface area contributed by atoms with Gasteiger partial charge in [0.15, 0.2) is 17.6 Å². The van der Waals surface area contributed by atoms with Crippen molar-refractivity contribution in [2.75, 3.05) is 0 Å². The molecule has 3 aromatic rings. The Labute approximate surface area is 185 Å². The van der Waals surface area contributed by atoms with Gasteiger partial charge < -0.3 is 4.74 Å². The van der Waals surface area contributed by atoms with Gasteiger partial charge >= 0.3 is 5.97 Å². The second-order valence-electron chi connectivity index (χ2n) is 9.68. The number of rotatable bonds is 5. The van der Waals surface area contributed by atoms with Crippen molar-refractivity contribution in [3.05, 3.63) is 54.1 Å². The molecule has 1 aliphatic rings. The van der Waals surface area contributed by atoms with Crippen LogP contribution in [-0.2, 0) is 23.1 Å². The highest BCUT2D eigenvalue weighted by Gasteiger charge is 2.34. The number of benzene rings is 2. The summed E-state index contributed by atoms with van der Waals surface area (Å²) >= 11 is 0. The molecular weight excluding hydrogens is 384 g/mol. The van der Waals surface area contributed by atoms with Crippen molar-refractivity contribution < 1.29 is 14.1 Å². The summed E-state index contributed by atoms with van der Waals surface area (Å²) in [5.74, 6) is 2.48. The van der Waals surface area contributed by atoms with Crippen LogP contribution in [0, 0.1) is 24.7 Å². The van der Waals surface area contributed by atoms with Crippen molar-refractivity contribution in [1.82, 2.24) is 4.57 Å². The van der Waals surface area contributed by atoms with Crippen LogP contribution in [0.1, 0.15) is 45.6 Å². The van der Waals surface area contributed by atoms with Crippen molar-refractivity contribution in [1.29, 1.82) is 0 Å². The minimum Gasteiger partial charge on any atom is -0.459 e. The summed E-state index contributed by atoms with van der Waals surface area (Å²) in [5, 5.41) is 0. The molecule has 4 rings (SSSR count). The van der Waals surface area contributed by atoms with Gasteiger partial charge in [-0.15, -0.1) is 0 Å². The van der Waals surface area contributed by atoms with E-state index in [2.05, 4.69) is 80.3 Å². The summed E-state index contributed by atoms with van der Waals surface area (Å²) in [7, 11) is 2.07. The molecule has 0 saturated heterocycles. The molecule has 0 radical (unpaired) electrons. The fourth-order valence-corrected chi connectivity index (χ4v) is 5.26. The lowest BCUT2D eigenvalue weighted by molar-refractivity contribution is -0.634. The number of imidazole rings is 1. The topological polar surface area (TPSA) is 35.1 Å². The number of ether oxygens (including phenoxy) is 1. The summed E-state index contributed by atoms with van der Waals surface area (Å²) in [6, 6.07) is 16.7. The van der Waals surface area contributed by atoms with Gasteiger partial charge in [0, 0.05) is 0 Å². The number of nitrogens with zero attached hydrogens (tertiary/aromatic N) is 2. The van der Waals surface area contributed by atoms with Crippen LogP contribution in [0.4, 0.5) is 0 Å². The van der Waals surface area contributed by atoms with E-state index in [-0.39, 0.29) is 18.6 Å². The number of aromatic nitrogens is 2. The number of hydrogen-bond donors (Lipinski definition) is 0. The predicted octanol–water partition coefficient (Wildman–Crippen LogP) is 5.45. The Kier molecular flexibility index (Phi) is 6.17. The second-order valence-corrected chi connectivity index (χ2v) is 9.68. The SMILES string of the molecule is Cc1cccc(-c2n(CC(=O)OC3C[C@H](C)CC[C@H]3C(C)C)c3ccccc3[n+]2C)c1. The minimum atomic E-state index is -0.139. The van der Waals surface area contributed by atoms with E-state index in [1.165, 1.54) is 12.0 Å². The molecule has 0 spiro atoms. The number of para-hydroxylation sites is 2. The Balaban J connectivity index is 1.68. The first-order valence-electron chi connectivity index (χ1n) is 11.6. The van der Waals surface area contributed by atoms with E-state index in [0.717, 1.165) is 35.3 Å². The molecule has 1 saturated carbocycles. The van der Waals surface area contributed by atoms with Crippen molar-refractivity contribution in [3.8, 4) is 11.4 Å². The monoisotopic (exact) mass is 419 g/mol. The van der Waals surface area contributed by atoms with Crippen LogP contribution < -0.4 is 4.57 Å². The number of aryl methyl sites for hydroxylation is 2. The highest BCUT2D eigenvalue weighted by Crippen LogP contribution is 2.35. The smallest absolute Gasteiger partial charge is 0.348 e. The normalized spacial score (nSPS) is 21.5. The van der Waals surface area contributed by atoms with E-state index in [1.54, 1.807) is 0 Å². The van der Waals surface area contributed by atoms with Crippen molar-refractivity contribution in [2.45, 2.75) is 59.6 Å². The van der Waals surface area contributed by atoms with E-state index in [9.17, 15) is 4.79 Å². The number of fused-ring (bicyclic) bond motifs is 1. The van der Waals surface area contributed by atoms with E-state index < -0.39 is 0 Å². The Morgan fingerprint density at radius 3 is 2.68 bits per heavy atom. The molecule has 1 fully saturated rings. The van der Waals surface area contributed by atoms with Gasteiger partial charge in [0.2, 0.25) is 0 Å². The summed E-state index contributed by atoms with van der Waals surface area (Å²) < 4.78 is 10.4. The zero-order valence-corrected chi connectivity index (χ0v) is 19.5. The number of esters is 1. The fourth-order valence-electron chi connectivity index (χ4n) is 5.26. The average molecular weight is 420 g/mol. The van der Waals surface area contributed by atoms with Crippen LogP contribution in [-0.4, -0.2) is 16.6 Å². The van der Waals surface area contributed by atoms with Crippen molar-refractivity contribution in [2.24, 2.45) is 24.8 Å². The van der Waals surface area contributed by atoms with E-state index in [4.69, 9.17) is 4.74 Å². The van der Waals surface area contributed by atoms with Crippen molar-refractivity contribution in [3.63, 3.8) is 0 Å². The molecule has 4 heteroatoms. The van der Waals surface area contributed by atoms with E-state index in [0.29, 0.717) is 17.8 Å². The van der Waals surface area contributed by atoms with Crippen LogP contribution in [0.2, 0.25) is 0 Å². The Morgan fingerprint density at radius 2 is 1.94 bits per heavy atom. The summed E-state index contributed by atoms with van der Waals surface area (Å²) in [4.78, 5) is 13.2. The van der Waals surface area contributed by atoms with Crippen LogP contribution in [0.25, 0.3) is 22.4 Å². The molecule has 0 amide bonds. The maximum Gasteiger partial charge on any atom is 0.348 e. The van der Waals surface area contributed by atoms with Gasteiger partial charge in [-0.2, -0.15) is 0 Å². The largest absolute Gasteiger partial charge is 0.459 e. The van der Waals surface area contributed by atoms with E-state index in [1.807, 2.05) is 12.1 Å². The predicted molar refractivity (Wildman–Crippen MR) is 125 cm³/mol. The standard InChI is InChI=1S/C27H35N2O2/c1-18(2)22-14-13-20(4)16-25(22)31-26(30)17-29-24-12-7-6-11-23(24)28(5)27(29)21-10-8-9-19(3)15-21/h6-12,15,18,20,22,25H,13-14,16-17H2,1-5H3/q+1/t20-,22+,25?/m1/s1. The quantitative estimate of drug-likeness (QED) is 0.407. The second kappa shape index (κ2) is 8.86. The molecular formula is C27H35N2O2+. The zero-order chi connectivity index (χ0) is 22.1. The lowest BCUT2D eigenvalue weighted by Gasteiger charge is -2.36. The molecule has 2 aromatic carbocycles. The average Bonchev–Trinajstić information content (AvgIpc) is 2.99. The first-order chi connectivity index (χ1) is 14.8. The molecule has 1 unspecified atom stereocenters. The molecule has 0 bridgehead atoms. The van der Waals surface area contributed by atoms with Gasteiger partial charge in [0.25, 0.3) is 5.82 Å². The Hall–Kier alpha value is -2.62.